The molecular weight excluding hydrogens is 483 g/mol. The number of halogens is 3. The number of alkyl halides is 1. The van der Waals surface area contributed by atoms with Gasteiger partial charge in [-0.05, 0) is 11.6 Å². The van der Waals surface area contributed by atoms with Gasteiger partial charge in [-0.3, -0.25) is 4.68 Å². The molecule has 192 valence electrons. The second kappa shape index (κ2) is 9.68. The Morgan fingerprint density at radius 2 is 1.76 bits per heavy atom. The second-order valence-corrected chi connectivity index (χ2v) is 9.37. The highest BCUT2D eigenvalue weighted by molar-refractivity contribution is 5.76. The topological polar surface area (TPSA) is 97.8 Å². The van der Waals surface area contributed by atoms with Crippen LogP contribution in [0.1, 0.15) is 25.8 Å². The van der Waals surface area contributed by atoms with Gasteiger partial charge >= 0.3 is 0 Å². The number of nitrogens with one attached hydrogen (secondary N) is 2. The SMILES string of the molecule is Cn1cc(-c2cc3c(NCCNc4ncc(C(C)(C)C5=C(F)C=C(F)CC5F)cn4)ncnn3c2)cn1. The summed E-state index contributed by atoms with van der Waals surface area (Å²) in [5.41, 5.74) is 2.18. The lowest BCUT2D eigenvalue weighted by molar-refractivity contribution is 0.308. The number of hydrogen-bond acceptors (Lipinski definition) is 7. The van der Waals surface area contributed by atoms with Gasteiger partial charge < -0.3 is 10.6 Å². The van der Waals surface area contributed by atoms with Crippen molar-refractivity contribution in [1.29, 1.82) is 0 Å². The van der Waals surface area contributed by atoms with Crippen molar-refractivity contribution in [3.63, 3.8) is 0 Å². The average Bonchev–Trinajstić information content (AvgIpc) is 3.48. The molecule has 0 amide bonds. The van der Waals surface area contributed by atoms with Crippen LogP contribution in [0.2, 0.25) is 0 Å². The summed E-state index contributed by atoms with van der Waals surface area (Å²) in [6.07, 6.45) is 8.72. The normalized spacial score (nSPS) is 16.3. The molecular formula is C25H26F3N9. The van der Waals surface area contributed by atoms with Gasteiger partial charge in [-0.1, -0.05) is 13.8 Å². The third-order valence-corrected chi connectivity index (χ3v) is 6.42. The van der Waals surface area contributed by atoms with E-state index >= 15 is 0 Å². The number of anilines is 2. The van der Waals surface area contributed by atoms with E-state index < -0.39 is 29.7 Å². The number of aryl methyl sites for hydroxylation is 1. The van der Waals surface area contributed by atoms with Crippen molar-refractivity contribution in [2.24, 2.45) is 7.05 Å². The fourth-order valence-corrected chi connectivity index (χ4v) is 4.43. The second-order valence-electron chi connectivity index (χ2n) is 9.37. The summed E-state index contributed by atoms with van der Waals surface area (Å²) < 4.78 is 45.8. The van der Waals surface area contributed by atoms with Crippen molar-refractivity contribution < 1.29 is 13.2 Å². The summed E-state index contributed by atoms with van der Waals surface area (Å²) in [6, 6.07) is 1.99. The van der Waals surface area contributed by atoms with E-state index in [1.54, 1.807) is 29.2 Å². The zero-order valence-electron chi connectivity index (χ0n) is 20.6. The number of fused-ring (bicyclic) bond motifs is 1. The Hall–Kier alpha value is -4.22. The molecule has 9 nitrogen and oxygen atoms in total. The van der Waals surface area contributed by atoms with E-state index in [0.29, 0.717) is 30.4 Å². The van der Waals surface area contributed by atoms with E-state index in [4.69, 9.17) is 0 Å². The predicted octanol–water partition coefficient (Wildman–Crippen LogP) is 4.54. The predicted molar refractivity (Wildman–Crippen MR) is 134 cm³/mol. The first-order valence-electron chi connectivity index (χ1n) is 11.8. The summed E-state index contributed by atoms with van der Waals surface area (Å²) >= 11 is 0. The first-order chi connectivity index (χ1) is 17.7. The Bertz CT molecular complexity index is 1480. The van der Waals surface area contributed by atoms with Crippen LogP contribution in [0.3, 0.4) is 0 Å². The van der Waals surface area contributed by atoms with Gasteiger partial charge in [0.05, 0.1) is 6.20 Å². The molecule has 0 bridgehead atoms. The molecule has 0 saturated carbocycles. The molecule has 2 N–H and O–H groups in total. The fraction of sp³-hybridized carbons (Fsp3) is 0.320. The van der Waals surface area contributed by atoms with Crippen LogP contribution in [-0.2, 0) is 12.5 Å². The highest BCUT2D eigenvalue weighted by Crippen LogP contribution is 2.41. The molecule has 4 aromatic rings. The minimum Gasteiger partial charge on any atom is -0.366 e. The Kier molecular flexibility index (Phi) is 6.40. The van der Waals surface area contributed by atoms with E-state index in [1.165, 1.54) is 18.7 Å². The summed E-state index contributed by atoms with van der Waals surface area (Å²) in [7, 11) is 1.87. The Morgan fingerprint density at radius 1 is 1.00 bits per heavy atom. The highest BCUT2D eigenvalue weighted by Gasteiger charge is 2.37. The van der Waals surface area contributed by atoms with Crippen LogP contribution in [0, 0.1) is 0 Å². The van der Waals surface area contributed by atoms with E-state index in [-0.39, 0.29) is 5.57 Å². The molecule has 1 aliphatic rings. The van der Waals surface area contributed by atoms with Crippen LogP contribution in [0.4, 0.5) is 24.9 Å². The third-order valence-electron chi connectivity index (χ3n) is 6.42. The maximum absolute atomic E-state index is 14.5. The lowest BCUT2D eigenvalue weighted by atomic mass is 9.74. The van der Waals surface area contributed by atoms with Gasteiger partial charge in [0.1, 0.15) is 29.7 Å². The molecule has 5 rings (SSSR count). The van der Waals surface area contributed by atoms with Crippen LogP contribution in [0.5, 0.6) is 0 Å². The standard InChI is InChI=1S/C25H26F3N9/c1-25(2,22-19(27)7-18(26)8-20(22)28)17-10-31-24(32-11-17)30-5-4-29-23-21-6-15(13-37(21)35-14-33-23)16-9-34-36(3)12-16/h6-7,9-14,20H,4-5,8H2,1-3H3,(H,29,33,35)(H,30,31,32). The van der Waals surface area contributed by atoms with Gasteiger partial charge in [-0.25, -0.2) is 32.6 Å². The molecule has 4 heterocycles. The van der Waals surface area contributed by atoms with Gasteiger partial charge in [-0.2, -0.15) is 10.2 Å². The molecule has 0 aliphatic heterocycles. The fourth-order valence-electron chi connectivity index (χ4n) is 4.43. The monoisotopic (exact) mass is 509 g/mol. The largest absolute Gasteiger partial charge is 0.366 e. The number of aromatic nitrogens is 7. The molecule has 0 aromatic carbocycles. The average molecular weight is 510 g/mol. The summed E-state index contributed by atoms with van der Waals surface area (Å²) in [5.74, 6) is -0.637. The Morgan fingerprint density at radius 3 is 2.46 bits per heavy atom. The van der Waals surface area contributed by atoms with Crippen molar-refractivity contribution in [1.82, 2.24) is 34.3 Å². The minimum atomic E-state index is -1.74. The third kappa shape index (κ3) is 4.91. The van der Waals surface area contributed by atoms with Crippen molar-refractivity contribution in [2.45, 2.75) is 31.9 Å². The van der Waals surface area contributed by atoms with Gasteiger partial charge in [0.2, 0.25) is 5.95 Å². The zero-order valence-corrected chi connectivity index (χ0v) is 20.6. The summed E-state index contributed by atoms with van der Waals surface area (Å²) in [5, 5.41) is 14.9. The summed E-state index contributed by atoms with van der Waals surface area (Å²) in [6.45, 7) is 4.36. The molecule has 0 spiro atoms. The minimum absolute atomic E-state index is 0.101. The highest BCUT2D eigenvalue weighted by atomic mass is 19.2. The quantitative estimate of drug-likeness (QED) is 0.337. The number of nitrogens with zero attached hydrogens (tertiary/aromatic N) is 7. The molecule has 1 unspecified atom stereocenters. The van der Waals surface area contributed by atoms with E-state index in [2.05, 4.69) is 35.8 Å². The van der Waals surface area contributed by atoms with Crippen molar-refractivity contribution in [3.05, 3.63) is 72.2 Å². The van der Waals surface area contributed by atoms with E-state index in [0.717, 1.165) is 22.7 Å². The van der Waals surface area contributed by atoms with Crippen LogP contribution in [0.15, 0.2) is 66.7 Å². The van der Waals surface area contributed by atoms with Crippen molar-refractivity contribution >= 4 is 17.3 Å². The number of hydrogen-bond donors (Lipinski definition) is 2. The molecule has 0 fully saturated rings. The van der Waals surface area contributed by atoms with Gasteiger partial charge in [0.25, 0.3) is 0 Å². The molecule has 12 heteroatoms. The number of rotatable bonds is 8. The van der Waals surface area contributed by atoms with Crippen molar-refractivity contribution in [2.75, 3.05) is 23.7 Å². The van der Waals surface area contributed by atoms with E-state index in [9.17, 15) is 13.2 Å². The lowest BCUT2D eigenvalue weighted by Gasteiger charge is -2.32. The molecule has 4 aromatic heterocycles. The lowest BCUT2D eigenvalue weighted by Crippen LogP contribution is -2.29. The van der Waals surface area contributed by atoms with Crippen LogP contribution in [-0.4, -0.2) is 53.6 Å². The van der Waals surface area contributed by atoms with Crippen LogP contribution >= 0.6 is 0 Å². The zero-order chi connectivity index (χ0) is 26.2. The molecule has 37 heavy (non-hydrogen) atoms. The van der Waals surface area contributed by atoms with Gasteiger partial charge in [-0.15, -0.1) is 0 Å². The first kappa shape index (κ1) is 24.5. The van der Waals surface area contributed by atoms with Crippen molar-refractivity contribution in [3.8, 4) is 11.1 Å². The molecule has 0 saturated heterocycles. The van der Waals surface area contributed by atoms with Gasteiger partial charge in [0, 0.05) is 79.5 Å². The Labute approximate surface area is 211 Å². The van der Waals surface area contributed by atoms with E-state index in [1.807, 2.05) is 25.5 Å². The molecule has 1 atom stereocenters. The molecule has 1 aliphatic carbocycles. The van der Waals surface area contributed by atoms with Crippen LogP contribution < -0.4 is 10.6 Å². The van der Waals surface area contributed by atoms with Gasteiger partial charge in [0.15, 0.2) is 5.82 Å². The maximum Gasteiger partial charge on any atom is 0.222 e. The smallest absolute Gasteiger partial charge is 0.222 e. The first-order valence-corrected chi connectivity index (χ1v) is 11.8. The Balaban J connectivity index is 1.21. The summed E-state index contributed by atoms with van der Waals surface area (Å²) in [4.78, 5) is 12.9. The number of allylic oxidation sites excluding steroid dienone is 4. The molecule has 0 radical (unpaired) electrons. The van der Waals surface area contributed by atoms with Crippen LogP contribution in [0.25, 0.3) is 16.6 Å². The maximum atomic E-state index is 14.5.